The van der Waals surface area contributed by atoms with Gasteiger partial charge in [-0.05, 0) is 18.2 Å². The number of nitrogens with zero attached hydrogens (tertiary/aromatic N) is 1. The number of thiophene rings is 1. The van der Waals surface area contributed by atoms with Crippen LogP contribution in [0.3, 0.4) is 0 Å². The summed E-state index contributed by atoms with van der Waals surface area (Å²) >= 11 is 1.21. The van der Waals surface area contributed by atoms with Gasteiger partial charge < -0.3 is 16.2 Å². The monoisotopic (exact) mass is 273 g/mol. The van der Waals surface area contributed by atoms with Gasteiger partial charge in [0.1, 0.15) is 15.5 Å². The van der Waals surface area contributed by atoms with Crippen LogP contribution < -0.4 is 16.2 Å². The molecule has 0 aliphatic rings. The largest absolute Gasteiger partial charge is 0.497 e. The van der Waals surface area contributed by atoms with Crippen LogP contribution in [-0.4, -0.2) is 18.0 Å². The Morgan fingerprint density at radius 1 is 1.37 bits per heavy atom. The first-order valence-electron chi connectivity index (χ1n) is 5.56. The minimum Gasteiger partial charge on any atom is -0.497 e. The molecule has 1 amide bonds. The molecule has 0 spiro atoms. The molecule has 0 atom stereocenters. The van der Waals surface area contributed by atoms with Gasteiger partial charge in [0, 0.05) is 16.8 Å². The maximum atomic E-state index is 11.3. The van der Waals surface area contributed by atoms with Crippen molar-refractivity contribution in [3.05, 3.63) is 29.1 Å². The number of carbonyl (C=O) groups is 1. The number of fused-ring (bicyclic) bond motifs is 2. The minimum atomic E-state index is -0.526. The summed E-state index contributed by atoms with van der Waals surface area (Å²) in [5.41, 5.74) is 12.4. The second kappa shape index (κ2) is 4.10. The van der Waals surface area contributed by atoms with E-state index in [9.17, 15) is 4.79 Å². The Hall–Kier alpha value is -2.34. The number of amides is 1. The van der Waals surface area contributed by atoms with E-state index in [0.717, 1.165) is 22.0 Å². The average molecular weight is 273 g/mol. The number of methoxy groups -OCH3 is 1. The average Bonchev–Trinajstić information content (AvgIpc) is 2.73. The third kappa shape index (κ3) is 1.77. The van der Waals surface area contributed by atoms with Gasteiger partial charge in [0.2, 0.25) is 0 Å². The normalized spacial score (nSPS) is 11.0. The summed E-state index contributed by atoms with van der Waals surface area (Å²) in [6.07, 6.45) is 0. The SMILES string of the molecule is COc1ccc2cc3c(N)c(C(N)=O)sc3nc2c1. The lowest BCUT2D eigenvalue weighted by Gasteiger charge is -2.02. The Morgan fingerprint density at radius 3 is 2.84 bits per heavy atom. The van der Waals surface area contributed by atoms with Crippen molar-refractivity contribution < 1.29 is 9.53 Å². The van der Waals surface area contributed by atoms with Gasteiger partial charge >= 0.3 is 0 Å². The number of aromatic nitrogens is 1. The maximum Gasteiger partial charge on any atom is 0.260 e. The fraction of sp³-hybridized carbons (Fsp3) is 0.0769. The first kappa shape index (κ1) is 11.7. The maximum absolute atomic E-state index is 11.3. The molecule has 0 aliphatic carbocycles. The van der Waals surface area contributed by atoms with Crippen molar-refractivity contribution in [2.24, 2.45) is 5.73 Å². The van der Waals surface area contributed by atoms with Gasteiger partial charge in [-0.15, -0.1) is 11.3 Å². The van der Waals surface area contributed by atoms with Gasteiger partial charge in [0.25, 0.3) is 5.91 Å². The van der Waals surface area contributed by atoms with E-state index in [1.807, 2.05) is 24.3 Å². The number of nitrogens with two attached hydrogens (primary N) is 2. The summed E-state index contributed by atoms with van der Waals surface area (Å²) in [5, 5.41) is 1.70. The van der Waals surface area contributed by atoms with Gasteiger partial charge in [-0.25, -0.2) is 4.98 Å². The van der Waals surface area contributed by atoms with E-state index < -0.39 is 5.91 Å². The van der Waals surface area contributed by atoms with Crippen LogP contribution in [0.5, 0.6) is 5.75 Å². The van der Waals surface area contributed by atoms with Crippen molar-refractivity contribution in [3.63, 3.8) is 0 Å². The van der Waals surface area contributed by atoms with Gasteiger partial charge in [0.15, 0.2) is 0 Å². The Morgan fingerprint density at radius 2 is 2.16 bits per heavy atom. The fourth-order valence-electron chi connectivity index (χ4n) is 1.98. The van der Waals surface area contributed by atoms with Crippen molar-refractivity contribution >= 4 is 44.1 Å². The number of hydrogen-bond acceptors (Lipinski definition) is 5. The van der Waals surface area contributed by atoms with E-state index in [1.54, 1.807) is 7.11 Å². The molecule has 5 nitrogen and oxygen atoms in total. The molecular weight excluding hydrogens is 262 g/mol. The predicted octanol–water partition coefficient (Wildman–Crippen LogP) is 2.14. The first-order valence-corrected chi connectivity index (χ1v) is 6.38. The molecule has 2 heterocycles. The predicted molar refractivity (Wildman–Crippen MR) is 76.6 cm³/mol. The molecule has 3 aromatic rings. The zero-order valence-electron chi connectivity index (χ0n) is 10.1. The topological polar surface area (TPSA) is 91.2 Å². The van der Waals surface area contributed by atoms with Gasteiger partial charge in [0.05, 0.1) is 18.3 Å². The third-order valence-corrected chi connectivity index (χ3v) is 4.08. The molecule has 0 radical (unpaired) electrons. The van der Waals surface area contributed by atoms with Gasteiger partial charge in [-0.3, -0.25) is 4.79 Å². The fourth-order valence-corrected chi connectivity index (χ4v) is 2.92. The molecule has 4 N–H and O–H groups in total. The van der Waals surface area contributed by atoms with E-state index in [1.165, 1.54) is 11.3 Å². The van der Waals surface area contributed by atoms with Crippen molar-refractivity contribution in [3.8, 4) is 5.75 Å². The molecule has 1 aromatic carbocycles. The smallest absolute Gasteiger partial charge is 0.260 e. The van der Waals surface area contributed by atoms with Gasteiger partial charge in [-0.1, -0.05) is 0 Å². The number of anilines is 1. The van der Waals surface area contributed by atoms with E-state index in [4.69, 9.17) is 16.2 Å². The van der Waals surface area contributed by atoms with Crippen LogP contribution in [0.4, 0.5) is 5.69 Å². The van der Waals surface area contributed by atoms with Crippen LogP contribution in [0.15, 0.2) is 24.3 Å². The summed E-state index contributed by atoms with van der Waals surface area (Å²) < 4.78 is 5.17. The van der Waals surface area contributed by atoms with Crippen molar-refractivity contribution in [1.29, 1.82) is 0 Å². The molecule has 0 aliphatic heterocycles. The number of benzene rings is 1. The zero-order valence-corrected chi connectivity index (χ0v) is 11.0. The summed E-state index contributed by atoms with van der Waals surface area (Å²) in [4.78, 5) is 16.8. The highest BCUT2D eigenvalue weighted by molar-refractivity contribution is 7.21. The van der Waals surface area contributed by atoms with E-state index >= 15 is 0 Å². The highest BCUT2D eigenvalue weighted by atomic mass is 32.1. The molecule has 19 heavy (non-hydrogen) atoms. The molecule has 3 rings (SSSR count). The second-order valence-corrected chi connectivity index (χ2v) is 5.11. The lowest BCUT2D eigenvalue weighted by atomic mass is 10.1. The lowest BCUT2D eigenvalue weighted by Crippen LogP contribution is -2.10. The summed E-state index contributed by atoms with van der Waals surface area (Å²) in [5.74, 6) is 0.209. The second-order valence-electron chi connectivity index (χ2n) is 4.11. The van der Waals surface area contributed by atoms with Crippen LogP contribution in [-0.2, 0) is 0 Å². The van der Waals surface area contributed by atoms with Crippen LogP contribution in [0, 0.1) is 0 Å². The molecule has 0 bridgehead atoms. The molecule has 0 fully saturated rings. The van der Waals surface area contributed by atoms with Crippen molar-refractivity contribution in [2.75, 3.05) is 12.8 Å². The summed E-state index contributed by atoms with van der Waals surface area (Å²) in [6, 6.07) is 7.51. The van der Waals surface area contributed by atoms with Crippen molar-refractivity contribution in [2.45, 2.75) is 0 Å². The number of pyridine rings is 1. The number of primary amides is 1. The molecule has 0 saturated carbocycles. The van der Waals surface area contributed by atoms with Crippen LogP contribution in [0.1, 0.15) is 9.67 Å². The van der Waals surface area contributed by atoms with Crippen LogP contribution >= 0.6 is 11.3 Å². The number of nitrogen functional groups attached to an aromatic ring is 1. The molecule has 6 heteroatoms. The Kier molecular flexibility index (Phi) is 2.53. The molecular formula is C13H11N3O2S. The standard InChI is InChI=1S/C13H11N3O2S/c1-18-7-3-2-6-4-8-10(14)11(12(15)17)19-13(8)16-9(6)5-7/h2-5H,14H2,1H3,(H2,15,17). The number of hydrogen-bond donors (Lipinski definition) is 2. The molecule has 96 valence electrons. The highest BCUT2D eigenvalue weighted by Gasteiger charge is 2.15. The Labute approximate surface area is 112 Å². The number of carbonyl (C=O) groups excluding carboxylic acids is 1. The Bertz CT molecular complexity index is 810. The van der Waals surface area contributed by atoms with E-state index in [-0.39, 0.29) is 0 Å². The molecule has 0 unspecified atom stereocenters. The minimum absolute atomic E-state index is 0.352. The van der Waals surface area contributed by atoms with Crippen LogP contribution in [0.25, 0.3) is 21.1 Å². The van der Waals surface area contributed by atoms with Crippen LogP contribution in [0.2, 0.25) is 0 Å². The van der Waals surface area contributed by atoms with Gasteiger partial charge in [-0.2, -0.15) is 0 Å². The highest BCUT2D eigenvalue weighted by Crippen LogP contribution is 2.34. The summed E-state index contributed by atoms with van der Waals surface area (Å²) in [7, 11) is 1.61. The summed E-state index contributed by atoms with van der Waals surface area (Å²) in [6.45, 7) is 0. The van der Waals surface area contributed by atoms with E-state index in [2.05, 4.69) is 4.98 Å². The number of ether oxygens (including phenoxy) is 1. The van der Waals surface area contributed by atoms with E-state index in [0.29, 0.717) is 15.4 Å². The number of rotatable bonds is 2. The quantitative estimate of drug-likeness (QED) is 0.748. The lowest BCUT2D eigenvalue weighted by molar-refractivity contribution is 0.100. The first-order chi connectivity index (χ1) is 9.10. The zero-order chi connectivity index (χ0) is 13.6. The molecule has 2 aromatic heterocycles. The third-order valence-electron chi connectivity index (χ3n) is 2.95. The van der Waals surface area contributed by atoms with Crippen molar-refractivity contribution in [1.82, 2.24) is 4.98 Å². The Balaban J connectivity index is 2.35. The molecule has 0 saturated heterocycles.